The van der Waals surface area contributed by atoms with Crippen molar-refractivity contribution in [2.75, 3.05) is 6.54 Å². The first-order valence-corrected chi connectivity index (χ1v) is 9.54. The van der Waals surface area contributed by atoms with Gasteiger partial charge in [-0.2, -0.15) is 9.40 Å². The van der Waals surface area contributed by atoms with Crippen LogP contribution < -0.4 is 0 Å². The van der Waals surface area contributed by atoms with Crippen LogP contribution in [-0.4, -0.2) is 29.0 Å². The summed E-state index contributed by atoms with van der Waals surface area (Å²) in [4.78, 5) is 0.406. The second-order valence-corrected chi connectivity index (χ2v) is 8.03. The molecular weight excluding hydrogens is 310 g/mol. The monoisotopic (exact) mass is 333 g/mol. The molecule has 1 aromatic heterocycles. The molecule has 0 atom stereocenters. The maximum Gasteiger partial charge on any atom is 0.243 e. The third kappa shape index (κ3) is 3.33. The minimum Gasteiger partial charge on any atom is -0.275 e. The van der Waals surface area contributed by atoms with Crippen LogP contribution in [0.1, 0.15) is 36.5 Å². The lowest BCUT2D eigenvalue weighted by molar-refractivity contribution is 0.423. The summed E-state index contributed by atoms with van der Waals surface area (Å²) in [7, 11) is -1.65. The van der Waals surface area contributed by atoms with E-state index in [1.54, 1.807) is 16.9 Å². The fourth-order valence-corrected chi connectivity index (χ4v) is 4.63. The van der Waals surface area contributed by atoms with E-state index >= 15 is 0 Å². The molecule has 0 amide bonds. The van der Waals surface area contributed by atoms with Crippen LogP contribution in [0, 0.1) is 0 Å². The average Bonchev–Trinajstić information content (AvgIpc) is 2.97. The molecule has 124 valence electrons. The first kappa shape index (κ1) is 16.2. The second-order valence-electron chi connectivity index (χ2n) is 6.09. The SMILES string of the molecule is CCN(Cc1cnn(C)c1)S(=O)(=O)c1ccc2c(c1)CCCC2. The van der Waals surface area contributed by atoms with Gasteiger partial charge in [0.1, 0.15) is 0 Å². The summed E-state index contributed by atoms with van der Waals surface area (Å²) in [5.74, 6) is 0. The number of hydrogen-bond donors (Lipinski definition) is 0. The zero-order valence-corrected chi connectivity index (χ0v) is 14.5. The van der Waals surface area contributed by atoms with E-state index in [0.29, 0.717) is 18.0 Å². The van der Waals surface area contributed by atoms with Crippen LogP contribution in [0.15, 0.2) is 35.5 Å². The van der Waals surface area contributed by atoms with Crippen molar-refractivity contribution in [2.45, 2.75) is 44.0 Å². The molecule has 0 radical (unpaired) electrons. The predicted octanol–water partition coefficient (Wildman–Crippen LogP) is 2.51. The first-order valence-electron chi connectivity index (χ1n) is 8.10. The molecule has 0 N–H and O–H groups in total. The Morgan fingerprint density at radius 1 is 1.22 bits per heavy atom. The van der Waals surface area contributed by atoms with Gasteiger partial charge >= 0.3 is 0 Å². The Labute approximate surface area is 138 Å². The number of aromatic nitrogens is 2. The number of fused-ring (bicyclic) bond motifs is 1. The van der Waals surface area contributed by atoms with Crippen LogP contribution in [-0.2, 0) is 36.5 Å². The van der Waals surface area contributed by atoms with Gasteiger partial charge in [0.2, 0.25) is 10.0 Å². The van der Waals surface area contributed by atoms with Crippen molar-refractivity contribution in [2.24, 2.45) is 7.05 Å². The standard InChI is InChI=1S/C17H23N3O2S/c1-3-20(13-14-11-18-19(2)12-14)23(21,22)17-9-8-15-6-4-5-7-16(15)10-17/h8-12H,3-7,13H2,1-2H3. The molecule has 6 heteroatoms. The van der Waals surface area contributed by atoms with Crippen molar-refractivity contribution in [3.05, 3.63) is 47.3 Å². The fourth-order valence-electron chi connectivity index (χ4n) is 3.14. The molecule has 0 unspecified atom stereocenters. The van der Waals surface area contributed by atoms with Gasteiger partial charge in [-0.1, -0.05) is 13.0 Å². The van der Waals surface area contributed by atoms with Gasteiger partial charge in [-0.25, -0.2) is 8.42 Å². The second kappa shape index (κ2) is 6.45. The third-order valence-electron chi connectivity index (χ3n) is 4.43. The molecule has 0 bridgehead atoms. The van der Waals surface area contributed by atoms with Gasteiger partial charge in [0.15, 0.2) is 0 Å². The molecule has 1 heterocycles. The number of hydrogen-bond acceptors (Lipinski definition) is 3. The molecule has 0 spiro atoms. The number of sulfonamides is 1. The molecule has 23 heavy (non-hydrogen) atoms. The van der Waals surface area contributed by atoms with Gasteiger partial charge in [0.05, 0.1) is 11.1 Å². The van der Waals surface area contributed by atoms with Crippen LogP contribution in [0.2, 0.25) is 0 Å². The Morgan fingerprint density at radius 3 is 2.61 bits per heavy atom. The topological polar surface area (TPSA) is 55.2 Å². The Bertz CT molecular complexity index is 796. The number of nitrogens with zero attached hydrogens (tertiary/aromatic N) is 3. The quantitative estimate of drug-likeness (QED) is 0.845. The highest BCUT2D eigenvalue weighted by molar-refractivity contribution is 7.89. The van der Waals surface area contributed by atoms with Gasteiger partial charge in [-0.05, 0) is 48.9 Å². The van der Waals surface area contributed by atoms with Crippen LogP contribution in [0.3, 0.4) is 0 Å². The van der Waals surface area contributed by atoms with Crippen molar-refractivity contribution in [3.8, 4) is 0 Å². The van der Waals surface area contributed by atoms with Gasteiger partial charge < -0.3 is 0 Å². The lowest BCUT2D eigenvalue weighted by Gasteiger charge is -2.22. The molecular formula is C17H23N3O2S. The molecule has 3 rings (SSSR count). The Morgan fingerprint density at radius 2 is 1.96 bits per heavy atom. The molecule has 0 aliphatic heterocycles. The van der Waals surface area contributed by atoms with Gasteiger partial charge in [-0.3, -0.25) is 4.68 Å². The van der Waals surface area contributed by atoms with Crippen LogP contribution in [0.25, 0.3) is 0 Å². The summed E-state index contributed by atoms with van der Waals surface area (Å²) in [6, 6.07) is 5.61. The van der Waals surface area contributed by atoms with Gasteiger partial charge in [0, 0.05) is 31.9 Å². The zero-order chi connectivity index (χ0) is 16.4. The van der Waals surface area contributed by atoms with E-state index in [1.807, 2.05) is 32.3 Å². The summed E-state index contributed by atoms with van der Waals surface area (Å²) in [6.07, 6.45) is 7.94. The minimum absolute atomic E-state index is 0.351. The van der Waals surface area contributed by atoms with E-state index in [9.17, 15) is 8.42 Å². The van der Waals surface area contributed by atoms with Crippen LogP contribution in [0.4, 0.5) is 0 Å². The number of benzene rings is 1. The fraction of sp³-hybridized carbons (Fsp3) is 0.471. The predicted molar refractivity (Wildman–Crippen MR) is 89.6 cm³/mol. The molecule has 5 nitrogen and oxygen atoms in total. The van der Waals surface area contributed by atoms with Gasteiger partial charge in [0.25, 0.3) is 0 Å². The molecule has 1 aliphatic rings. The lowest BCUT2D eigenvalue weighted by Crippen LogP contribution is -2.30. The summed E-state index contributed by atoms with van der Waals surface area (Å²) in [5.41, 5.74) is 3.39. The first-order chi connectivity index (χ1) is 11.0. The molecule has 0 saturated heterocycles. The van der Waals surface area contributed by atoms with E-state index < -0.39 is 10.0 Å². The lowest BCUT2D eigenvalue weighted by atomic mass is 9.92. The largest absolute Gasteiger partial charge is 0.275 e. The highest BCUT2D eigenvalue weighted by atomic mass is 32.2. The van der Waals surface area contributed by atoms with E-state index in [4.69, 9.17) is 0 Å². The molecule has 1 aliphatic carbocycles. The van der Waals surface area contributed by atoms with Gasteiger partial charge in [-0.15, -0.1) is 0 Å². The Balaban J connectivity index is 1.89. The van der Waals surface area contributed by atoms with Crippen LogP contribution in [0.5, 0.6) is 0 Å². The minimum atomic E-state index is -3.48. The van der Waals surface area contributed by atoms with Crippen molar-refractivity contribution < 1.29 is 8.42 Å². The van der Waals surface area contributed by atoms with E-state index in [2.05, 4.69) is 5.10 Å². The summed E-state index contributed by atoms with van der Waals surface area (Å²) in [5, 5.41) is 4.11. The zero-order valence-electron chi connectivity index (χ0n) is 13.7. The van der Waals surface area contributed by atoms with E-state index in [-0.39, 0.29) is 0 Å². The highest BCUT2D eigenvalue weighted by Crippen LogP contribution is 2.26. The Kier molecular flexibility index (Phi) is 4.55. The number of rotatable bonds is 5. The summed E-state index contributed by atoms with van der Waals surface area (Å²) < 4.78 is 29.1. The van der Waals surface area contributed by atoms with Crippen molar-refractivity contribution in [1.82, 2.24) is 14.1 Å². The Hall–Kier alpha value is -1.66. The molecule has 2 aromatic rings. The van der Waals surface area contributed by atoms with Crippen LogP contribution >= 0.6 is 0 Å². The average molecular weight is 333 g/mol. The highest BCUT2D eigenvalue weighted by Gasteiger charge is 2.25. The van der Waals surface area contributed by atoms with E-state index in [0.717, 1.165) is 24.8 Å². The molecule has 1 aromatic carbocycles. The van der Waals surface area contributed by atoms with Crippen molar-refractivity contribution in [3.63, 3.8) is 0 Å². The molecule has 0 saturated carbocycles. The smallest absolute Gasteiger partial charge is 0.243 e. The number of aryl methyl sites for hydroxylation is 3. The maximum absolute atomic E-state index is 13.0. The summed E-state index contributed by atoms with van der Waals surface area (Å²) in [6.45, 7) is 2.66. The molecule has 0 fully saturated rings. The van der Waals surface area contributed by atoms with E-state index in [1.165, 1.54) is 21.9 Å². The maximum atomic E-state index is 13.0. The normalized spacial score (nSPS) is 14.9. The third-order valence-corrected chi connectivity index (χ3v) is 6.34. The summed E-state index contributed by atoms with van der Waals surface area (Å²) >= 11 is 0. The van der Waals surface area contributed by atoms with Crippen molar-refractivity contribution >= 4 is 10.0 Å². The van der Waals surface area contributed by atoms with Crippen molar-refractivity contribution in [1.29, 1.82) is 0 Å².